The molecule has 1 aliphatic rings. The van der Waals surface area contributed by atoms with Crippen molar-refractivity contribution in [1.82, 2.24) is 10.3 Å². The van der Waals surface area contributed by atoms with Crippen LogP contribution in [0, 0.1) is 0 Å². The number of para-hydroxylation sites is 1. The summed E-state index contributed by atoms with van der Waals surface area (Å²) in [6.07, 6.45) is 1.99. The Morgan fingerprint density at radius 2 is 2.10 bits per heavy atom. The van der Waals surface area contributed by atoms with Crippen molar-refractivity contribution >= 4 is 20.7 Å². The average Bonchev–Trinajstić information content (AvgIpc) is 2.91. The minimum absolute atomic E-state index is 0.0298. The third kappa shape index (κ3) is 2.72. The number of fused-ring (bicyclic) bond motifs is 1. The number of hydrogen-bond donors (Lipinski definition) is 3. The first kappa shape index (κ1) is 13.6. The zero-order chi connectivity index (χ0) is 14.2. The molecule has 0 aliphatic carbocycles. The molecule has 1 fully saturated rings. The molecule has 1 aromatic carbocycles. The molecule has 0 radical (unpaired) electrons. The lowest BCUT2D eigenvalue weighted by Gasteiger charge is -2.14. The molecule has 1 aliphatic heterocycles. The van der Waals surface area contributed by atoms with Gasteiger partial charge in [-0.2, -0.15) is 0 Å². The molecule has 1 saturated heterocycles. The highest BCUT2D eigenvalue weighted by Crippen LogP contribution is 2.18. The second-order valence-corrected chi connectivity index (χ2v) is 7.47. The fourth-order valence-electron chi connectivity index (χ4n) is 2.75. The van der Waals surface area contributed by atoms with Crippen LogP contribution in [0.15, 0.2) is 30.5 Å². The summed E-state index contributed by atoms with van der Waals surface area (Å²) < 4.78 is 22.8. The second-order valence-electron chi connectivity index (χ2n) is 5.31. The molecule has 2 aromatic rings. The summed E-state index contributed by atoms with van der Waals surface area (Å²) in [4.78, 5) is 3.22. The van der Waals surface area contributed by atoms with E-state index in [1.165, 1.54) is 10.9 Å². The van der Waals surface area contributed by atoms with Gasteiger partial charge < -0.3 is 15.4 Å². The van der Waals surface area contributed by atoms with Gasteiger partial charge in [-0.3, -0.25) is 0 Å². The van der Waals surface area contributed by atoms with Crippen LogP contribution in [-0.2, 0) is 16.3 Å². The van der Waals surface area contributed by atoms with Crippen LogP contribution < -0.4 is 5.32 Å². The number of hydrogen-bond acceptors (Lipinski definition) is 4. The molecule has 0 bridgehead atoms. The first-order chi connectivity index (χ1) is 9.55. The molecule has 1 aromatic heterocycles. The van der Waals surface area contributed by atoms with Crippen LogP contribution in [0.4, 0.5) is 0 Å². The Balaban J connectivity index is 1.61. The van der Waals surface area contributed by atoms with Crippen LogP contribution in [0.1, 0.15) is 5.56 Å². The summed E-state index contributed by atoms with van der Waals surface area (Å²) in [7, 11) is -3.08. The zero-order valence-electron chi connectivity index (χ0n) is 11.0. The lowest BCUT2D eigenvalue weighted by Crippen LogP contribution is -2.39. The van der Waals surface area contributed by atoms with Gasteiger partial charge in [0.2, 0.25) is 0 Å². The van der Waals surface area contributed by atoms with Gasteiger partial charge in [-0.25, -0.2) is 8.42 Å². The van der Waals surface area contributed by atoms with Gasteiger partial charge in [0.15, 0.2) is 9.84 Å². The molecule has 108 valence electrons. The number of aliphatic hydroxyl groups excluding tert-OH is 1. The molecule has 0 unspecified atom stereocenters. The number of benzene rings is 1. The largest absolute Gasteiger partial charge is 0.390 e. The smallest absolute Gasteiger partial charge is 0.154 e. The number of nitrogens with one attached hydrogen (secondary N) is 2. The van der Waals surface area contributed by atoms with E-state index >= 15 is 0 Å². The van der Waals surface area contributed by atoms with E-state index in [0.29, 0.717) is 6.54 Å². The molecule has 2 heterocycles. The van der Waals surface area contributed by atoms with Crippen LogP contribution in [0.5, 0.6) is 0 Å². The van der Waals surface area contributed by atoms with Gasteiger partial charge in [0.1, 0.15) is 0 Å². The normalized spacial score (nSPS) is 25.2. The molecule has 2 atom stereocenters. The molecule has 0 saturated carbocycles. The van der Waals surface area contributed by atoms with Crippen molar-refractivity contribution in [2.24, 2.45) is 0 Å². The van der Waals surface area contributed by atoms with Crippen molar-refractivity contribution in [2.45, 2.75) is 18.6 Å². The van der Waals surface area contributed by atoms with Gasteiger partial charge in [-0.1, -0.05) is 18.2 Å². The number of aromatic amines is 1. The molecule has 3 N–H and O–H groups in total. The number of rotatable bonds is 4. The first-order valence-electron chi connectivity index (χ1n) is 6.72. The summed E-state index contributed by atoms with van der Waals surface area (Å²) in [6.45, 7) is 0.652. The molecule has 6 heteroatoms. The van der Waals surface area contributed by atoms with Crippen LogP contribution in [0.2, 0.25) is 0 Å². The van der Waals surface area contributed by atoms with Crippen molar-refractivity contribution in [3.05, 3.63) is 36.0 Å². The fraction of sp³-hybridized carbons (Fsp3) is 0.429. The van der Waals surface area contributed by atoms with E-state index in [1.54, 1.807) is 0 Å². The highest BCUT2D eigenvalue weighted by Gasteiger charge is 2.35. The van der Waals surface area contributed by atoms with E-state index in [4.69, 9.17) is 0 Å². The Labute approximate surface area is 117 Å². The quantitative estimate of drug-likeness (QED) is 0.765. The van der Waals surface area contributed by atoms with E-state index in [2.05, 4.69) is 16.4 Å². The van der Waals surface area contributed by atoms with Crippen molar-refractivity contribution < 1.29 is 13.5 Å². The van der Waals surface area contributed by atoms with E-state index in [1.807, 2.05) is 24.4 Å². The summed E-state index contributed by atoms with van der Waals surface area (Å²) >= 11 is 0. The van der Waals surface area contributed by atoms with Gasteiger partial charge in [-0.15, -0.1) is 0 Å². The monoisotopic (exact) mass is 294 g/mol. The minimum Gasteiger partial charge on any atom is -0.390 e. The van der Waals surface area contributed by atoms with Crippen molar-refractivity contribution in [3.63, 3.8) is 0 Å². The van der Waals surface area contributed by atoms with E-state index in [-0.39, 0.29) is 17.5 Å². The number of aromatic nitrogens is 1. The van der Waals surface area contributed by atoms with Crippen LogP contribution in [-0.4, -0.2) is 48.7 Å². The van der Waals surface area contributed by atoms with E-state index in [9.17, 15) is 13.5 Å². The maximum atomic E-state index is 11.4. The standard InChI is InChI=1S/C14H18N2O3S/c17-14-9-20(18,19)8-13(14)15-6-5-10-7-16-12-4-2-1-3-11(10)12/h1-4,7,13-17H,5-6,8-9H2/t13-,14+/m0/s1. The number of sulfone groups is 1. The first-order valence-corrected chi connectivity index (χ1v) is 8.54. The third-order valence-corrected chi connectivity index (χ3v) is 5.51. The third-order valence-electron chi connectivity index (χ3n) is 3.80. The van der Waals surface area contributed by atoms with Crippen molar-refractivity contribution in [1.29, 1.82) is 0 Å². The van der Waals surface area contributed by atoms with Gasteiger partial charge in [0.25, 0.3) is 0 Å². The molecular weight excluding hydrogens is 276 g/mol. The predicted molar refractivity (Wildman–Crippen MR) is 78.5 cm³/mol. The molecular formula is C14H18N2O3S. The Hall–Kier alpha value is -1.37. The van der Waals surface area contributed by atoms with E-state index < -0.39 is 15.9 Å². The lowest BCUT2D eigenvalue weighted by atomic mass is 10.1. The maximum absolute atomic E-state index is 11.4. The number of H-pyrrole nitrogens is 1. The second kappa shape index (κ2) is 5.20. The molecule has 5 nitrogen and oxygen atoms in total. The van der Waals surface area contributed by atoms with Crippen LogP contribution in [0.3, 0.4) is 0 Å². The minimum atomic E-state index is -3.08. The van der Waals surface area contributed by atoms with Crippen molar-refractivity contribution in [2.75, 3.05) is 18.1 Å². The SMILES string of the molecule is O=S1(=O)C[C@@H](O)[C@@H](NCCc2c[nH]c3ccccc23)C1. The Morgan fingerprint density at radius 1 is 1.30 bits per heavy atom. The highest BCUT2D eigenvalue weighted by molar-refractivity contribution is 7.91. The summed E-state index contributed by atoms with van der Waals surface area (Å²) in [5.41, 5.74) is 2.30. The van der Waals surface area contributed by atoms with Gasteiger partial charge in [0.05, 0.1) is 17.6 Å². The van der Waals surface area contributed by atoms with E-state index in [0.717, 1.165) is 11.9 Å². The Kier molecular flexibility index (Phi) is 3.54. The Morgan fingerprint density at radius 3 is 2.85 bits per heavy atom. The van der Waals surface area contributed by atoms with Gasteiger partial charge in [0, 0.05) is 23.1 Å². The predicted octanol–water partition coefficient (Wildman–Crippen LogP) is 0.458. The molecule has 20 heavy (non-hydrogen) atoms. The molecule has 3 rings (SSSR count). The summed E-state index contributed by atoms with van der Waals surface area (Å²) in [5.74, 6) is -0.0974. The van der Waals surface area contributed by atoms with Crippen LogP contribution >= 0.6 is 0 Å². The summed E-state index contributed by atoms with van der Waals surface area (Å²) in [6, 6.07) is 7.74. The maximum Gasteiger partial charge on any atom is 0.154 e. The van der Waals surface area contributed by atoms with Crippen molar-refractivity contribution in [3.8, 4) is 0 Å². The lowest BCUT2D eigenvalue weighted by molar-refractivity contribution is 0.166. The highest BCUT2D eigenvalue weighted by atomic mass is 32.2. The molecule has 0 amide bonds. The summed E-state index contributed by atoms with van der Waals surface area (Å²) in [5, 5.41) is 14.0. The fourth-order valence-corrected chi connectivity index (χ4v) is 4.53. The average molecular weight is 294 g/mol. The molecule has 0 spiro atoms. The Bertz CT molecular complexity index is 708. The van der Waals surface area contributed by atoms with Gasteiger partial charge >= 0.3 is 0 Å². The topological polar surface area (TPSA) is 82.2 Å². The van der Waals surface area contributed by atoms with Crippen LogP contribution in [0.25, 0.3) is 10.9 Å². The zero-order valence-corrected chi connectivity index (χ0v) is 11.9. The van der Waals surface area contributed by atoms with Gasteiger partial charge in [-0.05, 0) is 24.6 Å². The number of aliphatic hydroxyl groups is 1.